The Morgan fingerprint density at radius 3 is 2.92 bits per heavy atom. The molecule has 2 N–H and O–H groups in total. The maximum absolute atomic E-state index is 7.36. The van der Waals surface area contributed by atoms with Crippen LogP contribution in [-0.2, 0) is 0 Å². The predicted octanol–water partition coefficient (Wildman–Crippen LogP) is 0.781. The number of benzene rings is 1. The Morgan fingerprint density at radius 1 is 1.33 bits per heavy atom. The van der Waals surface area contributed by atoms with Gasteiger partial charge in [0.25, 0.3) is 0 Å². The summed E-state index contributed by atoms with van der Waals surface area (Å²) in [6, 6.07) is 7.04. The van der Waals surface area contributed by atoms with E-state index in [0.29, 0.717) is 11.5 Å². The zero-order valence-electron chi connectivity index (χ0n) is 6.15. The van der Waals surface area contributed by atoms with E-state index in [0.717, 1.165) is 5.56 Å². The van der Waals surface area contributed by atoms with Crippen molar-refractivity contribution < 1.29 is 0 Å². The molecule has 0 amide bonds. The van der Waals surface area contributed by atoms with Gasteiger partial charge in [-0.25, -0.2) is 5.10 Å². The van der Waals surface area contributed by atoms with E-state index in [-0.39, 0.29) is 0 Å². The molecule has 0 saturated carbocycles. The minimum Gasteiger partial charge on any atom is -0.301 e. The molecule has 5 heteroatoms. The molecular weight excluding hydrogens is 154 g/mol. The Bertz CT molecular complexity index is 367. The topological polar surface area (TPSA) is 78.3 Å². The van der Waals surface area contributed by atoms with Crippen molar-refractivity contribution in [3.05, 3.63) is 24.3 Å². The van der Waals surface area contributed by atoms with Gasteiger partial charge in [-0.3, -0.25) is 0 Å². The van der Waals surface area contributed by atoms with Crippen molar-refractivity contribution in [3.8, 4) is 11.4 Å². The molecule has 5 nitrogen and oxygen atoms in total. The standard InChI is InChI=1S/C7H6N5/c8-6-3-1-2-5(4-6)7-9-11-12-10-7/h1-4,8H,(H,9,10,11,12). The Labute approximate surface area is 68.6 Å². The molecule has 1 radical (unpaired) electrons. The Morgan fingerprint density at radius 2 is 2.25 bits per heavy atom. The SMILES string of the molecule is [NH]c1cccc(-c2nnn[nH]2)c1. The molecule has 0 aliphatic rings. The molecule has 59 valence electrons. The van der Waals surface area contributed by atoms with Crippen LogP contribution < -0.4 is 5.73 Å². The number of H-pyrrole nitrogens is 1. The first kappa shape index (κ1) is 6.78. The van der Waals surface area contributed by atoms with Crippen molar-refractivity contribution >= 4 is 5.69 Å². The van der Waals surface area contributed by atoms with E-state index >= 15 is 0 Å². The van der Waals surface area contributed by atoms with E-state index in [1.807, 2.05) is 6.07 Å². The zero-order chi connectivity index (χ0) is 8.39. The molecule has 0 saturated heterocycles. The van der Waals surface area contributed by atoms with Gasteiger partial charge in [-0.05, 0) is 22.6 Å². The van der Waals surface area contributed by atoms with Gasteiger partial charge in [-0.15, -0.1) is 5.10 Å². The van der Waals surface area contributed by atoms with E-state index in [1.54, 1.807) is 18.2 Å². The van der Waals surface area contributed by atoms with Gasteiger partial charge < -0.3 is 5.73 Å². The molecule has 0 atom stereocenters. The first-order valence-electron chi connectivity index (χ1n) is 3.42. The van der Waals surface area contributed by atoms with Crippen LogP contribution in [-0.4, -0.2) is 20.6 Å². The highest BCUT2D eigenvalue weighted by Gasteiger charge is 2.00. The van der Waals surface area contributed by atoms with Gasteiger partial charge in [0.2, 0.25) is 0 Å². The number of hydrogen-bond donors (Lipinski definition) is 1. The van der Waals surface area contributed by atoms with Gasteiger partial charge in [-0.1, -0.05) is 12.1 Å². The predicted molar refractivity (Wildman–Crippen MR) is 42.4 cm³/mol. The molecule has 1 heterocycles. The lowest BCUT2D eigenvalue weighted by Gasteiger charge is -1.94. The van der Waals surface area contributed by atoms with Crippen LogP contribution in [0.1, 0.15) is 0 Å². The highest BCUT2D eigenvalue weighted by Crippen LogP contribution is 2.16. The van der Waals surface area contributed by atoms with E-state index in [2.05, 4.69) is 20.6 Å². The molecule has 2 aromatic rings. The van der Waals surface area contributed by atoms with Crippen molar-refractivity contribution in [2.75, 3.05) is 0 Å². The summed E-state index contributed by atoms with van der Waals surface area (Å²) in [5, 5.41) is 13.2. The lowest BCUT2D eigenvalue weighted by molar-refractivity contribution is 0.881. The molecule has 0 unspecified atom stereocenters. The normalized spacial score (nSPS) is 10.0. The molecule has 2 rings (SSSR count). The summed E-state index contributed by atoms with van der Waals surface area (Å²) in [6.07, 6.45) is 0. The van der Waals surface area contributed by atoms with Crippen molar-refractivity contribution in [1.29, 1.82) is 0 Å². The molecular formula is C7H6N5. The van der Waals surface area contributed by atoms with Crippen LogP contribution in [0.2, 0.25) is 0 Å². The largest absolute Gasteiger partial charge is 0.301 e. The number of rotatable bonds is 1. The molecule has 1 aromatic carbocycles. The summed E-state index contributed by atoms with van der Waals surface area (Å²) in [4.78, 5) is 0. The van der Waals surface area contributed by atoms with Crippen molar-refractivity contribution in [2.45, 2.75) is 0 Å². The molecule has 0 spiro atoms. The molecule has 1 aromatic heterocycles. The maximum Gasteiger partial charge on any atom is 0.179 e. The third-order valence-electron chi connectivity index (χ3n) is 1.48. The van der Waals surface area contributed by atoms with Crippen LogP contribution in [0.5, 0.6) is 0 Å². The quantitative estimate of drug-likeness (QED) is 0.669. The van der Waals surface area contributed by atoms with Crippen LogP contribution >= 0.6 is 0 Å². The summed E-state index contributed by atoms with van der Waals surface area (Å²) in [5.74, 6) is 0.587. The lowest BCUT2D eigenvalue weighted by Crippen LogP contribution is -1.80. The maximum atomic E-state index is 7.36. The summed E-state index contributed by atoms with van der Waals surface area (Å²) in [5.41, 5.74) is 8.63. The van der Waals surface area contributed by atoms with Crippen molar-refractivity contribution in [2.24, 2.45) is 0 Å². The van der Waals surface area contributed by atoms with Crippen LogP contribution in [0.25, 0.3) is 11.4 Å². The van der Waals surface area contributed by atoms with Crippen LogP contribution in [0, 0.1) is 0 Å². The Kier molecular flexibility index (Phi) is 1.48. The zero-order valence-corrected chi connectivity index (χ0v) is 6.15. The fourth-order valence-corrected chi connectivity index (χ4v) is 0.948. The van der Waals surface area contributed by atoms with Gasteiger partial charge in [0.15, 0.2) is 5.82 Å². The molecule has 0 fully saturated rings. The average Bonchev–Trinajstić information content (AvgIpc) is 2.56. The number of hydrogen-bond acceptors (Lipinski definition) is 3. The first-order valence-corrected chi connectivity index (χ1v) is 3.42. The van der Waals surface area contributed by atoms with Crippen LogP contribution in [0.3, 0.4) is 0 Å². The highest BCUT2D eigenvalue weighted by molar-refractivity contribution is 5.58. The monoisotopic (exact) mass is 160 g/mol. The van der Waals surface area contributed by atoms with Gasteiger partial charge in [0, 0.05) is 5.56 Å². The summed E-state index contributed by atoms with van der Waals surface area (Å²) < 4.78 is 0. The van der Waals surface area contributed by atoms with Crippen molar-refractivity contribution in [1.82, 2.24) is 26.4 Å². The fraction of sp³-hybridized carbons (Fsp3) is 0. The third-order valence-corrected chi connectivity index (χ3v) is 1.48. The first-order chi connectivity index (χ1) is 5.86. The van der Waals surface area contributed by atoms with E-state index < -0.39 is 0 Å². The molecule has 12 heavy (non-hydrogen) atoms. The summed E-state index contributed by atoms with van der Waals surface area (Å²) in [6.45, 7) is 0. The molecule has 0 aliphatic carbocycles. The fourth-order valence-electron chi connectivity index (χ4n) is 0.948. The van der Waals surface area contributed by atoms with E-state index in [9.17, 15) is 0 Å². The summed E-state index contributed by atoms with van der Waals surface area (Å²) >= 11 is 0. The second-order valence-corrected chi connectivity index (χ2v) is 2.33. The van der Waals surface area contributed by atoms with Crippen LogP contribution in [0.15, 0.2) is 24.3 Å². The molecule has 0 bridgehead atoms. The van der Waals surface area contributed by atoms with Gasteiger partial charge in [-0.2, -0.15) is 0 Å². The lowest BCUT2D eigenvalue weighted by atomic mass is 10.2. The number of aromatic nitrogens is 4. The number of nitrogens with one attached hydrogen (secondary N) is 2. The van der Waals surface area contributed by atoms with Gasteiger partial charge in [0.1, 0.15) is 0 Å². The number of tetrazole rings is 1. The second kappa shape index (κ2) is 2.61. The Balaban J connectivity index is 2.48. The van der Waals surface area contributed by atoms with E-state index in [4.69, 9.17) is 5.73 Å². The van der Waals surface area contributed by atoms with Gasteiger partial charge in [0.05, 0.1) is 5.69 Å². The van der Waals surface area contributed by atoms with Crippen LogP contribution in [0.4, 0.5) is 5.69 Å². The highest BCUT2D eigenvalue weighted by atomic mass is 15.5. The van der Waals surface area contributed by atoms with Gasteiger partial charge >= 0.3 is 0 Å². The Hall–Kier alpha value is -1.91. The van der Waals surface area contributed by atoms with Crippen molar-refractivity contribution in [3.63, 3.8) is 0 Å². The number of nitrogens with zero attached hydrogens (tertiary/aromatic N) is 3. The molecule has 0 aliphatic heterocycles. The van der Waals surface area contributed by atoms with E-state index in [1.165, 1.54) is 0 Å². The smallest absolute Gasteiger partial charge is 0.179 e. The minimum absolute atomic E-state index is 0.448. The minimum atomic E-state index is 0.448. The third kappa shape index (κ3) is 1.12. The summed E-state index contributed by atoms with van der Waals surface area (Å²) in [7, 11) is 0. The number of aromatic amines is 1. The second-order valence-electron chi connectivity index (χ2n) is 2.33. The average molecular weight is 160 g/mol.